The third kappa shape index (κ3) is 2.99. The third-order valence-corrected chi connectivity index (χ3v) is 4.23. The first-order chi connectivity index (χ1) is 9.50. The zero-order valence-corrected chi connectivity index (χ0v) is 13.0. The van der Waals surface area contributed by atoms with Gasteiger partial charge >= 0.3 is 0 Å². The van der Waals surface area contributed by atoms with Crippen molar-refractivity contribution in [2.24, 2.45) is 0 Å². The van der Waals surface area contributed by atoms with E-state index in [1.165, 1.54) is 4.88 Å². The van der Waals surface area contributed by atoms with Gasteiger partial charge in [0.05, 0.1) is 22.8 Å². The molecule has 1 amide bonds. The molecular formula is C15H19N3OS. The molecule has 4 nitrogen and oxygen atoms in total. The Morgan fingerprint density at radius 2 is 2.05 bits per heavy atom. The average molecular weight is 289 g/mol. The predicted molar refractivity (Wildman–Crippen MR) is 83.3 cm³/mol. The number of carbonyl (C=O) groups excluding carboxylic acids is 1. The quantitative estimate of drug-likeness (QED) is 0.939. The van der Waals surface area contributed by atoms with Gasteiger partial charge in [-0.3, -0.25) is 4.79 Å². The minimum absolute atomic E-state index is 0.00123. The number of aromatic nitrogens is 1. The summed E-state index contributed by atoms with van der Waals surface area (Å²) >= 11 is 1.63. The highest BCUT2D eigenvalue weighted by molar-refractivity contribution is 7.09. The van der Waals surface area contributed by atoms with E-state index in [0.717, 1.165) is 11.4 Å². The highest BCUT2D eigenvalue weighted by Gasteiger charge is 2.16. The first-order valence-corrected chi connectivity index (χ1v) is 7.36. The van der Waals surface area contributed by atoms with Crippen molar-refractivity contribution < 1.29 is 4.79 Å². The molecule has 106 valence electrons. The molecule has 1 unspecified atom stereocenters. The fraction of sp³-hybridized carbons (Fsp3) is 0.333. The lowest BCUT2D eigenvalue weighted by Crippen LogP contribution is -2.23. The molecule has 1 heterocycles. The summed E-state index contributed by atoms with van der Waals surface area (Å²) in [6, 6.07) is 7.71. The molecule has 0 saturated heterocycles. The molecule has 1 N–H and O–H groups in total. The number of aryl methyl sites for hydroxylation is 1. The normalized spacial score (nSPS) is 12.0. The lowest BCUT2D eigenvalue weighted by molar-refractivity contribution is 0.0828. The van der Waals surface area contributed by atoms with E-state index in [9.17, 15) is 4.79 Å². The van der Waals surface area contributed by atoms with Crippen LogP contribution in [0.25, 0.3) is 0 Å². The summed E-state index contributed by atoms with van der Waals surface area (Å²) < 4.78 is 0. The second-order valence-corrected chi connectivity index (χ2v) is 5.80. The van der Waals surface area contributed by atoms with Gasteiger partial charge in [-0.15, -0.1) is 11.3 Å². The Balaban J connectivity index is 2.26. The number of anilines is 1. The second kappa shape index (κ2) is 6.05. The fourth-order valence-electron chi connectivity index (χ4n) is 2.06. The summed E-state index contributed by atoms with van der Waals surface area (Å²) in [7, 11) is 3.52. The molecule has 2 rings (SSSR count). The molecule has 20 heavy (non-hydrogen) atoms. The van der Waals surface area contributed by atoms with E-state index < -0.39 is 0 Å². The van der Waals surface area contributed by atoms with Gasteiger partial charge in [0.25, 0.3) is 5.91 Å². The van der Waals surface area contributed by atoms with E-state index in [1.54, 1.807) is 30.3 Å². The maximum atomic E-state index is 12.2. The Morgan fingerprint density at radius 3 is 2.65 bits per heavy atom. The molecular weight excluding hydrogens is 270 g/mol. The number of hydrogen-bond donors (Lipinski definition) is 1. The number of nitrogens with zero attached hydrogens (tertiary/aromatic N) is 2. The van der Waals surface area contributed by atoms with E-state index in [4.69, 9.17) is 0 Å². The standard InChI is InChI=1S/C15H19N3OS/c1-10-14(20-9-16-10)11(2)17-13-8-6-5-7-12(13)15(19)18(3)4/h5-9,11,17H,1-4H3. The van der Waals surface area contributed by atoms with Gasteiger partial charge in [0, 0.05) is 24.7 Å². The van der Waals surface area contributed by atoms with Gasteiger partial charge in [0.15, 0.2) is 0 Å². The Bertz CT molecular complexity index is 607. The number of para-hydroxylation sites is 1. The number of thiazole rings is 1. The van der Waals surface area contributed by atoms with Gasteiger partial charge in [-0.2, -0.15) is 0 Å². The molecule has 0 aliphatic carbocycles. The van der Waals surface area contributed by atoms with Crippen molar-refractivity contribution in [3.8, 4) is 0 Å². The SMILES string of the molecule is Cc1ncsc1C(C)Nc1ccccc1C(=O)N(C)C. The summed E-state index contributed by atoms with van der Waals surface area (Å²) in [5.41, 5.74) is 4.42. The molecule has 1 aromatic carbocycles. The predicted octanol–water partition coefficient (Wildman–Crippen LogP) is 3.33. The van der Waals surface area contributed by atoms with E-state index in [0.29, 0.717) is 5.56 Å². The summed E-state index contributed by atoms with van der Waals surface area (Å²) in [5.74, 6) is 0.00123. The third-order valence-electron chi connectivity index (χ3n) is 3.11. The number of hydrogen-bond acceptors (Lipinski definition) is 4. The average Bonchev–Trinajstić information content (AvgIpc) is 2.84. The van der Waals surface area contributed by atoms with Gasteiger partial charge in [-0.05, 0) is 26.0 Å². The Morgan fingerprint density at radius 1 is 1.35 bits per heavy atom. The highest BCUT2D eigenvalue weighted by atomic mass is 32.1. The maximum absolute atomic E-state index is 12.2. The van der Waals surface area contributed by atoms with E-state index in [2.05, 4.69) is 17.2 Å². The van der Waals surface area contributed by atoms with Gasteiger partial charge in [0.2, 0.25) is 0 Å². The van der Waals surface area contributed by atoms with E-state index in [1.807, 2.05) is 36.7 Å². The van der Waals surface area contributed by atoms with Crippen molar-refractivity contribution in [1.29, 1.82) is 0 Å². The van der Waals surface area contributed by atoms with Crippen LogP contribution in [0.1, 0.15) is 33.9 Å². The van der Waals surface area contributed by atoms with Gasteiger partial charge < -0.3 is 10.2 Å². The van der Waals surface area contributed by atoms with Crippen LogP contribution in [0.4, 0.5) is 5.69 Å². The molecule has 0 spiro atoms. The highest BCUT2D eigenvalue weighted by Crippen LogP contribution is 2.27. The van der Waals surface area contributed by atoms with Crippen LogP contribution in [0, 0.1) is 6.92 Å². The molecule has 5 heteroatoms. The van der Waals surface area contributed by atoms with Crippen LogP contribution in [-0.2, 0) is 0 Å². The first-order valence-electron chi connectivity index (χ1n) is 6.48. The van der Waals surface area contributed by atoms with Crippen LogP contribution in [0.5, 0.6) is 0 Å². The van der Waals surface area contributed by atoms with Gasteiger partial charge in [-0.1, -0.05) is 12.1 Å². The largest absolute Gasteiger partial charge is 0.377 e. The van der Waals surface area contributed by atoms with Crippen LogP contribution in [0.15, 0.2) is 29.8 Å². The van der Waals surface area contributed by atoms with Crippen LogP contribution >= 0.6 is 11.3 Å². The lowest BCUT2D eigenvalue weighted by atomic mass is 10.1. The summed E-state index contributed by atoms with van der Waals surface area (Å²) in [5, 5.41) is 3.41. The number of nitrogens with one attached hydrogen (secondary N) is 1. The zero-order valence-electron chi connectivity index (χ0n) is 12.2. The van der Waals surface area contributed by atoms with E-state index >= 15 is 0 Å². The maximum Gasteiger partial charge on any atom is 0.255 e. The van der Waals surface area contributed by atoms with Crippen LogP contribution < -0.4 is 5.32 Å². The summed E-state index contributed by atoms with van der Waals surface area (Å²) in [6.45, 7) is 4.08. The Hall–Kier alpha value is -1.88. The molecule has 0 radical (unpaired) electrons. The Kier molecular flexibility index (Phi) is 4.39. The van der Waals surface area contributed by atoms with Crippen molar-refractivity contribution >= 4 is 22.9 Å². The molecule has 0 fully saturated rings. The molecule has 2 aromatic rings. The second-order valence-electron chi connectivity index (χ2n) is 4.91. The monoisotopic (exact) mass is 289 g/mol. The van der Waals surface area contributed by atoms with Crippen molar-refractivity contribution in [3.05, 3.63) is 45.9 Å². The van der Waals surface area contributed by atoms with Crippen molar-refractivity contribution in [2.45, 2.75) is 19.9 Å². The molecule has 0 saturated carbocycles. The first kappa shape index (κ1) is 14.5. The van der Waals surface area contributed by atoms with Gasteiger partial charge in [0.1, 0.15) is 0 Å². The molecule has 1 aromatic heterocycles. The number of carbonyl (C=O) groups is 1. The molecule has 0 bridgehead atoms. The lowest BCUT2D eigenvalue weighted by Gasteiger charge is -2.19. The van der Waals surface area contributed by atoms with E-state index in [-0.39, 0.29) is 11.9 Å². The smallest absolute Gasteiger partial charge is 0.255 e. The fourth-order valence-corrected chi connectivity index (χ4v) is 2.87. The number of amides is 1. The minimum Gasteiger partial charge on any atom is -0.377 e. The number of benzene rings is 1. The topological polar surface area (TPSA) is 45.2 Å². The summed E-state index contributed by atoms with van der Waals surface area (Å²) in [6.07, 6.45) is 0. The van der Waals surface area contributed by atoms with Crippen molar-refractivity contribution in [2.75, 3.05) is 19.4 Å². The zero-order chi connectivity index (χ0) is 14.7. The molecule has 0 aliphatic heterocycles. The van der Waals surface area contributed by atoms with Crippen LogP contribution in [0.3, 0.4) is 0 Å². The minimum atomic E-state index is 0.00123. The summed E-state index contributed by atoms with van der Waals surface area (Å²) in [4.78, 5) is 19.2. The molecule has 1 atom stereocenters. The number of rotatable bonds is 4. The van der Waals surface area contributed by atoms with Gasteiger partial charge in [-0.25, -0.2) is 4.98 Å². The van der Waals surface area contributed by atoms with Crippen LogP contribution in [0.2, 0.25) is 0 Å². The van der Waals surface area contributed by atoms with Crippen molar-refractivity contribution in [1.82, 2.24) is 9.88 Å². The Labute approximate surface area is 123 Å². The molecule has 0 aliphatic rings. The van der Waals surface area contributed by atoms with Crippen LogP contribution in [-0.4, -0.2) is 29.9 Å². The van der Waals surface area contributed by atoms with Crippen molar-refractivity contribution in [3.63, 3.8) is 0 Å².